The van der Waals surface area contributed by atoms with Crippen LogP contribution in [0.4, 0.5) is 0 Å². The highest BCUT2D eigenvalue weighted by molar-refractivity contribution is 5.34. The zero-order chi connectivity index (χ0) is 15.1. The minimum Gasteiger partial charge on any atom is -0.439 e. The summed E-state index contributed by atoms with van der Waals surface area (Å²) in [6, 6.07) is 12.2. The van der Waals surface area contributed by atoms with Gasteiger partial charge in [0.05, 0.1) is 6.61 Å². The van der Waals surface area contributed by atoms with Crippen LogP contribution >= 0.6 is 0 Å². The molecule has 21 heavy (non-hydrogen) atoms. The molecule has 0 saturated heterocycles. The molecule has 112 valence electrons. The Morgan fingerprint density at radius 2 is 2.05 bits per heavy atom. The van der Waals surface area contributed by atoms with E-state index in [2.05, 4.69) is 24.1 Å². The molecule has 2 aromatic rings. The number of nitrogens with one attached hydrogen (secondary N) is 1. The second kappa shape index (κ2) is 7.76. The zero-order valence-corrected chi connectivity index (χ0v) is 12.8. The fourth-order valence-corrected chi connectivity index (χ4v) is 1.94. The van der Waals surface area contributed by atoms with Crippen LogP contribution in [0.25, 0.3) is 0 Å². The van der Waals surface area contributed by atoms with Crippen LogP contribution in [0.2, 0.25) is 0 Å². The number of methoxy groups -OCH3 is 1. The van der Waals surface area contributed by atoms with Gasteiger partial charge in [0, 0.05) is 31.5 Å². The van der Waals surface area contributed by atoms with Gasteiger partial charge in [-0.3, -0.25) is 0 Å². The number of hydrogen-bond donors (Lipinski definition) is 1. The first-order valence-corrected chi connectivity index (χ1v) is 7.12. The minimum absolute atomic E-state index is 0.420. The van der Waals surface area contributed by atoms with Crippen LogP contribution in [0, 0.1) is 0 Å². The molecular formula is C17H22N2O2. The quantitative estimate of drug-likeness (QED) is 0.845. The van der Waals surface area contributed by atoms with Crippen molar-refractivity contribution in [3.8, 4) is 11.6 Å². The Kier molecular flexibility index (Phi) is 5.72. The van der Waals surface area contributed by atoms with Gasteiger partial charge in [-0.15, -0.1) is 0 Å². The summed E-state index contributed by atoms with van der Waals surface area (Å²) in [5.41, 5.74) is 2.12. The molecule has 0 bridgehead atoms. The van der Waals surface area contributed by atoms with Gasteiger partial charge in [-0.25, -0.2) is 4.98 Å². The summed E-state index contributed by atoms with van der Waals surface area (Å²) in [4.78, 5) is 4.33. The maximum atomic E-state index is 5.92. The maximum Gasteiger partial charge on any atom is 0.223 e. The molecule has 0 fully saturated rings. The highest BCUT2D eigenvalue weighted by Crippen LogP contribution is 2.24. The normalized spacial score (nSPS) is 10.9. The number of hydrogen-bond acceptors (Lipinski definition) is 4. The fraction of sp³-hybridized carbons (Fsp3) is 0.353. The molecule has 0 spiro atoms. The van der Waals surface area contributed by atoms with E-state index in [0.29, 0.717) is 18.5 Å². The van der Waals surface area contributed by atoms with E-state index in [4.69, 9.17) is 9.47 Å². The van der Waals surface area contributed by atoms with E-state index in [1.807, 2.05) is 36.4 Å². The molecule has 4 heteroatoms. The maximum absolute atomic E-state index is 5.92. The van der Waals surface area contributed by atoms with Crippen molar-refractivity contribution in [1.82, 2.24) is 10.3 Å². The molecule has 0 radical (unpaired) electrons. The second-order valence-corrected chi connectivity index (χ2v) is 5.19. The summed E-state index contributed by atoms with van der Waals surface area (Å²) in [7, 11) is 1.68. The van der Waals surface area contributed by atoms with Crippen molar-refractivity contribution in [2.24, 2.45) is 0 Å². The first-order chi connectivity index (χ1) is 10.2. The Hall–Kier alpha value is -1.91. The molecule has 1 aromatic heterocycles. The van der Waals surface area contributed by atoms with Crippen LogP contribution in [0.5, 0.6) is 11.6 Å². The number of pyridine rings is 1. The van der Waals surface area contributed by atoms with Gasteiger partial charge in [0.25, 0.3) is 0 Å². The summed E-state index contributed by atoms with van der Waals surface area (Å²) >= 11 is 0. The molecule has 0 aliphatic heterocycles. The average molecular weight is 286 g/mol. The first kappa shape index (κ1) is 15.5. The third-order valence-corrected chi connectivity index (χ3v) is 2.97. The molecule has 1 N–H and O–H groups in total. The van der Waals surface area contributed by atoms with Gasteiger partial charge >= 0.3 is 0 Å². The van der Waals surface area contributed by atoms with Crippen LogP contribution in [0.1, 0.15) is 25.0 Å². The molecule has 0 aliphatic rings. The van der Waals surface area contributed by atoms with E-state index in [1.165, 1.54) is 0 Å². The van der Waals surface area contributed by atoms with Gasteiger partial charge in [-0.05, 0) is 23.8 Å². The lowest BCUT2D eigenvalue weighted by Crippen LogP contribution is -2.22. The number of benzene rings is 1. The largest absolute Gasteiger partial charge is 0.439 e. The third kappa shape index (κ3) is 4.85. The standard InChI is InChI=1S/C17H22N2O2/c1-13(2)19-11-15-7-5-9-18-17(15)21-16-8-4-6-14(10-16)12-20-3/h4-10,13,19H,11-12H2,1-3H3. The van der Waals surface area contributed by atoms with Crippen molar-refractivity contribution in [1.29, 1.82) is 0 Å². The number of rotatable bonds is 7. The lowest BCUT2D eigenvalue weighted by atomic mass is 10.2. The number of ether oxygens (including phenoxy) is 2. The Labute approximate surface area is 126 Å². The van der Waals surface area contributed by atoms with Crippen molar-refractivity contribution >= 4 is 0 Å². The molecule has 0 saturated carbocycles. The Morgan fingerprint density at radius 3 is 2.81 bits per heavy atom. The van der Waals surface area contributed by atoms with Crippen molar-refractivity contribution < 1.29 is 9.47 Å². The van der Waals surface area contributed by atoms with E-state index >= 15 is 0 Å². The van der Waals surface area contributed by atoms with Crippen LogP contribution < -0.4 is 10.1 Å². The fourth-order valence-electron chi connectivity index (χ4n) is 1.94. The Morgan fingerprint density at radius 1 is 1.19 bits per heavy atom. The predicted molar refractivity (Wildman–Crippen MR) is 83.4 cm³/mol. The summed E-state index contributed by atoms with van der Waals surface area (Å²) in [6.07, 6.45) is 1.74. The summed E-state index contributed by atoms with van der Waals surface area (Å²) in [5.74, 6) is 1.41. The van der Waals surface area contributed by atoms with Crippen LogP contribution in [0.3, 0.4) is 0 Å². The first-order valence-electron chi connectivity index (χ1n) is 7.12. The molecule has 1 heterocycles. The summed E-state index contributed by atoms with van der Waals surface area (Å²) in [5, 5.41) is 3.38. The van der Waals surface area contributed by atoms with Gasteiger partial charge in [-0.2, -0.15) is 0 Å². The van der Waals surface area contributed by atoms with Gasteiger partial charge in [-0.1, -0.05) is 32.0 Å². The smallest absolute Gasteiger partial charge is 0.223 e. The van der Waals surface area contributed by atoms with Crippen LogP contribution in [-0.2, 0) is 17.9 Å². The van der Waals surface area contributed by atoms with E-state index in [0.717, 1.165) is 23.4 Å². The lowest BCUT2D eigenvalue weighted by molar-refractivity contribution is 0.184. The van der Waals surface area contributed by atoms with Crippen molar-refractivity contribution in [3.63, 3.8) is 0 Å². The number of nitrogens with zero attached hydrogens (tertiary/aromatic N) is 1. The topological polar surface area (TPSA) is 43.4 Å². The van der Waals surface area contributed by atoms with E-state index in [1.54, 1.807) is 13.3 Å². The predicted octanol–water partition coefficient (Wildman–Crippen LogP) is 3.52. The van der Waals surface area contributed by atoms with Crippen LogP contribution in [-0.4, -0.2) is 18.1 Å². The van der Waals surface area contributed by atoms with Gasteiger partial charge < -0.3 is 14.8 Å². The molecule has 0 aliphatic carbocycles. The molecule has 0 amide bonds. The SMILES string of the molecule is COCc1cccc(Oc2ncccc2CNC(C)C)c1. The van der Waals surface area contributed by atoms with E-state index < -0.39 is 0 Å². The highest BCUT2D eigenvalue weighted by atomic mass is 16.5. The summed E-state index contributed by atoms with van der Waals surface area (Å²) < 4.78 is 11.1. The molecule has 4 nitrogen and oxygen atoms in total. The third-order valence-electron chi connectivity index (χ3n) is 2.97. The Balaban J connectivity index is 2.13. The van der Waals surface area contributed by atoms with E-state index in [9.17, 15) is 0 Å². The van der Waals surface area contributed by atoms with Crippen molar-refractivity contribution in [2.45, 2.75) is 33.0 Å². The number of aromatic nitrogens is 1. The van der Waals surface area contributed by atoms with Gasteiger partial charge in [0.15, 0.2) is 0 Å². The van der Waals surface area contributed by atoms with E-state index in [-0.39, 0.29) is 0 Å². The minimum atomic E-state index is 0.420. The summed E-state index contributed by atoms with van der Waals surface area (Å²) in [6.45, 7) is 5.54. The molecular weight excluding hydrogens is 264 g/mol. The molecule has 0 atom stereocenters. The van der Waals surface area contributed by atoms with Crippen molar-refractivity contribution in [3.05, 3.63) is 53.7 Å². The zero-order valence-electron chi connectivity index (χ0n) is 12.8. The lowest BCUT2D eigenvalue weighted by Gasteiger charge is -2.12. The molecule has 0 unspecified atom stereocenters. The van der Waals surface area contributed by atoms with Gasteiger partial charge in [0.1, 0.15) is 5.75 Å². The van der Waals surface area contributed by atoms with Gasteiger partial charge in [0.2, 0.25) is 5.88 Å². The average Bonchev–Trinajstić information content (AvgIpc) is 2.47. The second-order valence-electron chi connectivity index (χ2n) is 5.19. The Bertz CT molecular complexity index is 570. The monoisotopic (exact) mass is 286 g/mol. The van der Waals surface area contributed by atoms with Crippen LogP contribution in [0.15, 0.2) is 42.6 Å². The molecule has 2 rings (SSSR count). The molecule has 1 aromatic carbocycles. The highest BCUT2D eigenvalue weighted by Gasteiger charge is 2.07. The van der Waals surface area contributed by atoms with Crippen molar-refractivity contribution in [2.75, 3.05) is 7.11 Å².